The maximum atomic E-state index is 13.0. The highest BCUT2D eigenvalue weighted by Gasteiger charge is 2.35. The highest BCUT2D eigenvalue weighted by molar-refractivity contribution is 5.96. The normalized spacial score (nSPS) is 15.3. The Kier molecular flexibility index (Phi) is 5.12. The molecule has 6 nitrogen and oxygen atoms in total. The summed E-state index contributed by atoms with van der Waals surface area (Å²) >= 11 is 0. The first-order chi connectivity index (χ1) is 14.2. The lowest BCUT2D eigenvalue weighted by Gasteiger charge is -2.35. The van der Waals surface area contributed by atoms with E-state index in [0.717, 1.165) is 16.7 Å². The van der Waals surface area contributed by atoms with Gasteiger partial charge in [0.2, 0.25) is 5.91 Å². The molecule has 2 aromatic carbocycles. The molecule has 0 fully saturated rings. The van der Waals surface area contributed by atoms with Crippen molar-refractivity contribution in [1.82, 2.24) is 10.2 Å². The number of nitrogens with zero attached hydrogens (tertiary/aromatic N) is 2. The molecule has 1 N–H and O–H groups in total. The van der Waals surface area contributed by atoms with Gasteiger partial charge in [-0.15, -0.1) is 0 Å². The van der Waals surface area contributed by atoms with Crippen LogP contribution in [0.2, 0.25) is 0 Å². The Hall–Kier alpha value is -3.85. The van der Waals surface area contributed by atoms with Crippen molar-refractivity contribution in [2.24, 2.45) is 0 Å². The summed E-state index contributed by atoms with van der Waals surface area (Å²) in [5, 5.41) is 11.9. The van der Waals surface area contributed by atoms with E-state index in [0.29, 0.717) is 18.5 Å². The molecule has 6 heteroatoms. The van der Waals surface area contributed by atoms with Crippen LogP contribution in [0.3, 0.4) is 0 Å². The fourth-order valence-corrected chi connectivity index (χ4v) is 3.57. The first-order valence-corrected chi connectivity index (χ1v) is 9.33. The quantitative estimate of drug-likeness (QED) is 0.748. The van der Waals surface area contributed by atoms with Crippen LogP contribution in [0.25, 0.3) is 0 Å². The average Bonchev–Trinajstić information content (AvgIpc) is 3.31. The number of hydrogen-bond donors (Lipinski definition) is 1. The van der Waals surface area contributed by atoms with Crippen molar-refractivity contribution in [2.75, 3.05) is 0 Å². The van der Waals surface area contributed by atoms with Crippen molar-refractivity contribution >= 4 is 11.8 Å². The van der Waals surface area contributed by atoms with Crippen LogP contribution < -0.4 is 5.32 Å². The third-order valence-electron chi connectivity index (χ3n) is 5.07. The molecule has 3 aromatic rings. The number of furan rings is 1. The number of nitrogens with one attached hydrogen (secondary N) is 1. The van der Waals surface area contributed by atoms with Crippen LogP contribution >= 0.6 is 0 Å². The topological polar surface area (TPSA) is 86.3 Å². The highest BCUT2D eigenvalue weighted by atomic mass is 16.3. The average molecular weight is 385 g/mol. The zero-order valence-corrected chi connectivity index (χ0v) is 15.7. The summed E-state index contributed by atoms with van der Waals surface area (Å²) in [5.41, 5.74) is 3.45. The maximum Gasteiger partial charge on any atom is 0.290 e. The minimum absolute atomic E-state index is 0.212. The highest BCUT2D eigenvalue weighted by Crippen LogP contribution is 2.25. The second-order valence-electron chi connectivity index (χ2n) is 6.93. The summed E-state index contributed by atoms with van der Waals surface area (Å²) < 4.78 is 5.27. The number of carbonyl (C=O) groups is 2. The standard InChI is InChI=1S/C23H19N3O3/c24-13-16-5-3-6-17(11-16)14-25-22(27)20-12-18-7-1-2-8-19(18)15-26(20)23(28)21-9-4-10-29-21/h1-11,20H,12,14-15H2,(H,25,27). The molecule has 0 bridgehead atoms. The van der Waals surface area contributed by atoms with E-state index >= 15 is 0 Å². The molecular weight excluding hydrogens is 366 g/mol. The van der Waals surface area contributed by atoms with E-state index in [1.807, 2.05) is 30.3 Å². The van der Waals surface area contributed by atoms with Crippen molar-refractivity contribution in [2.45, 2.75) is 25.6 Å². The van der Waals surface area contributed by atoms with E-state index in [2.05, 4.69) is 11.4 Å². The number of amides is 2. The van der Waals surface area contributed by atoms with Gasteiger partial charge in [-0.25, -0.2) is 0 Å². The van der Waals surface area contributed by atoms with Crippen LogP contribution in [0.4, 0.5) is 0 Å². The Labute approximate surface area is 168 Å². The van der Waals surface area contributed by atoms with Gasteiger partial charge in [0.25, 0.3) is 5.91 Å². The second kappa shape index (κ2) is 8.03. The second-order valence-corrected chi connectivity index (χ2v) is 6.93. The first-order valence-electron chi connectivity index (χ1n) is 9.33. The summed E-state index contributed by atoms with van der Waals surface area (Å²) in [4.78, 5) is 27.5. The Morgan fingerprint density at radius 2 is 1.93 bits per heavy atom. The molecule has 1 aromatic heterocycles. The Balaban J connectivity index is 1.55. The van der Waals surface area contributed by atoms with Gasteiger partial charge in [0, 0.05) is 19.5 Å². The molecule has 0 radical (unpaired) electrons. The van der Waals surface area contributed by atoms with Crippen LogP contribution in [-0.2, 0) is 24.3 Å². The predicted octanol–water partition coefficient (Wildman–Crippen LogP) is 3.03. The van der Waals surface area contributed by atoms with Crippen LogP contribution in [0, 0.1) is 11.3 Å². The van der Waals surface area contributed by atoms with E-state index in [-0.39, 0.29) is 24.1 Å². The maximum absolute atomic E-state index is 13.0. The lowest BCUT2D eigenvalue weighted by molar-refractivity contribution is -0.126. The third-order valence-corrected chi connectivity index (χ3v) is 5.07. The number of benzene rings is 2. The Morgan fingerprint density at radius 1 is 1.10 bits per heavy atom. The van der Waals surface area contributed by atoms with Gasteiger partial charge in [0.1, 0.15) is 6.04 Å². The van der Waals surface area contributed by atoms with Gasteiger partial charge in [-0.05, 0) is 41.0 Å². The van der Waals surface area contributed by atoms with E-state index in [1.54, 1.807) is 35.2 Å². The van der Waals surface area contributed by atoms with Gasteiger partial charge >= 0.3 is 0 Å². The van der Waals surface area contributed by atoms with Gasteiger partial charge in [-0.2, -0.15) is 5.26 Å². The van der Waals surface area contributed by atoms with Crippen LogP contribution in [0.1, 0.15) is 32.8 Å². The number of rotatable bonds is 4. The van der Waals surface area contributed by atoms with E-state index < -0.39 is 6.04 Å². The SMILES string of the molecule is N#Cc1cccc(CNC(=O)C2Cc3ccccc3CN2C(=O)c2ccco2)c1. The molecule has 29 heavy (non-hydrogen) atoms. The zero-order valence-electron chi connectivity index (χ0n) is 15.7. The van der Waals surface area contributed by atoms with Crippen molar-refractivity contribution < 1.29 is 14.0 Å². The minimum atomic E-state index is -0.637. The van der Waals surface area contributed by atoms with E-state index in [4.69, 9.17) is 9.68 Å². The summed E-state index contributed by atoms with van der Waals surface area (Å²) in [6.07, 6.45) is 1.88. The minimum Gasteiger partial charge on any atom is -0.459 e. The van der Waals surface area contributed by atoms with Gasteiger partial charge < -0.3 is 14.6 Å². The summed E-state index contributed by atoms with van der Waals surface area (Å²) in [7, 11) is 0. The molecule has 1 aliphatic rings. The summed E-state index contributed by atoms with van der Waals surface area (Å²) in [6, 6.07) is 19.6. The molecule has 2 amide bonds. The van der Waals surface area contributed by atoms with Crippen LogP contribution in [-0.4, -0.2) is 22.8 Å². The molecule has 2 heterocycles. The molecule has 1 atom stereocenters. The number of hydrogen-bond acceptors (Lipinski definition) is 4. The number of carbonyl (C=O) groups excluding carboxylic acids is 2. The first kappa shape index (κ1) is 18.5. The fraction of sp³-hybridized carbons (Fsp3) is 0.174. The smallest absolute Gasteiger partial charge is 0.290 e. The fourth-order valence-electron chi connectivity index (χ4n) is 3.57. The molecule has 1 unspecified atom stereocenters. The van der Waals surface area contributed by atoms with Crippen molar-refractivity contribution in [3.8, 4) is 6.07 Å². The Bertz CT molecular complexity index is 1080. The van der Waals surface area contributed by atoms with Crippen molar-refractivity contribution in [3.63, 3.8) is 0 Å². The number of nitriles is 1. The van der Waals surface area contributed by atoms with Gasteiger partial charge in [0.05, 0.1) is 17.9 Å². The molecule has 144 valence electrons. The lowest BCUT2D eigenvalue weighted by Crippen LogP contribution is -2.52. The van der Waals surface area contributed by atoms with Gasteiger partial charge in [-0.3, -0.25) is 9.59 Å². The van der Waals surface area contributed by atoms with Crippen LogP contribution in [0.5, 0.6) is 0 Å². The molecule has 0 saturated heterocycles. The van der Waals surface area contributed by atoms with E-state index in [1.165, 1.54) is 6.26 Å². The summed E-state index contributed by atoms with van der Waals surface area (Å²) in [5.74, 6) is -0.332. The largest absolute Gasteiger partial charge is 0.459 e. The Morgan fingerprint density at radius 3 is 2.69 bits per heavy atom. The summed E-state index contributed by atoms with van der Waals surface area (Å²) in [6.45, 7) is 0.632. The molecule has 4 rings (SSSR count). The third kappa shape index (κ3) is 3.90. The zero-order chi connectivity index (χ0) is 20.2. The molecule has 0 aliphatic carbocycles. The molecular formula is C23H19N3O3. The lowest BCUT2D eigenvalue weighted by atomic mass is 9.93. The predicted molar refractivity (Wildman–Crippen MR) is 106 cm³/mol. The van der Waals surface area contributed by atoms with Gasteiger partial charge in [-0.1, -0.05) is 36.4 Å². The van der Waals surface area contributed by atoms with Gasteiger partial charge in [0.15, 0.2) is 5.76 Å². The molecule has 1 aliphatic heterocycles. The van der Waals surface area contributed by atoms with Crippen LogP contribution in [0.15, 0.2) is 71.3 Å². The van der Waals surface area contributed by atoms with Crippen molar-refractivity contribution in [1.29, 1.82) is 5.26 Å². The van der Waals surface area contributed by atoms with E-state index in [9.17, 15) is 9.59 Å². The number of fused-ring (bicyclic) bond motifs is 1. The van der Waals surface area contributed by atoms with Crippen molar-refractivity contribution in [3.05, 3.63) is 94.9 Å². The molecule has 0 saturated carbocycles. The monoisotopic (exact) mass is 385 g/mol. The molecule has 0 spiro atoms.